The van der Waals surface area contributed by atoms with Gasteiger partial charge in [-0.25, -0.2) is 0 Å². The molecule has 4 nitrogen and oxygen atoms in total. The predicted molar refractivity (Wildman–Crippen MR) is 121 cm³/mol. The van der Waals surface area contributed by atoms with Gasteiger partial charge in [0.1, 0.15) is 0 Å². The number of rotatable bonds is 13. The summed E-state index contributed by atoms with van der Waals surface area (Å²) in [6.45, 7) is 0. The maximum atomic E-state index is 6.09. The van der Waals surface area contributed by atoms with Crippen molar-refractivity contribution in [2.24, 2.45) is 0 Å². The van der Waals surface area contributed by atoms with Gasteiger partial charge in [-0.3, -0.25) is 0 Å². The second kappa shape index (κ2) is 12.9. The van der Waals surface area contributed by atoms with Crippen LogP contribution in [-0.4, -0.2) is 45.6 Å². The number of hydrogen-bond acceptors (Lipinski definition) is 4. The van der Waals surface area contributed by atoms with Gasteiger partial charge in [0.05, 0.1) is 0 Å². The van der Waals surface area contributed by atoms with Crippen LogP contribution in [0.5, 0.6) is 0 Å². The third-order valence-electron chi connectivity index (χ3n) is 7.64. The molecule has 0 amide bonds. The van der Waals surface area contributed by atoms with Crippen LogP contribution < -0.4 is 0 Å². The lowest BCUT2D eigenvalue weighted by Gasteiger charge is -2.38. The lowest BCUT2D eigenvalue weighted by molar-refractivity contribution is 0.213. The molecule has 0 aromatic rings. The van der Waals surface area contributed by atoms with Gasteiger partial charge >= 0.3 is 17.1 Å². The molecule has 0 heterocycles. The molecule has 0 spiro atoms. The highest BCUT2D eigenvalue weighted by Gasteiger charge is 2.45. The van der Waals surface area contributed by atoms with Gasteiger partial charge in [-0.05, 0) is 37.8 Å². The molecule has 0 aliphatic heterocycles. The van der Waals surface area contributed by atoms with Crippen molar-refractivity contribution in [1.82, 2.24) is 0 Å². The van der Waals surface area contributed by atoms with Crippen LogP contribution in [0.15, 0.2) is 0 Å². The van der Waals surface area contributed by atoms with Crippen molar-refractivity contribution < 1.29 is 17.7 Å². The first-order valence-corrected chi connectivity index (χ1v) is 16.1. The minimum atomic E-state index is -2.02. The van der Waals surface area contributed by atoms with Crippen LogP contribution in [-0.2, 0) is 17.7 Å². The van der Waals surface area contributed by atoms with Gasteiger partial charge in [-0.1, -0.05) is 64.2 Å². The molecule has 0 saturated heterocycles. The predicted octanol–water partition coefficient (Wildman–Crippen LogP) is 6.69. The van der Waals surface area contributed by atoms with Crippen molar-refractivity contribution in [3.05, 3.63) is 0 Å². The molecular formula is C22H46O4Si2. The summed E-state index contributed by atoms with van der Waals surface area (Å²) >= 11 is 0. The van der Waals surface area contributed by atoms with E-state index in [-0.39, 0.29) is 0 Å². The van der Waals surface area contributed by atoms with Gasteiger partial charge in [0.2, 0.25) is 0 Å². The normalized spacial score (nSPS) is 20.6. The Morgan fingerprint density at radius 1 is 0.500 bits per heavy atom. The summed E-state index contributed by atoms with van der Waals surface area (Å²) in [5, 5.41) is 0. The van der Waals surface area contributed by atoms with Gasteiger partial charge in [-0.15, -0.1) is 0 Å². The third kappa shape index (κ3) is 6.38. The fourth-order valence-electron chi connectivity index (χ4n) is 5.83. The van der Waals surface area contributed by atoms with Crippen LogP contribution in [0.2, 0.25) is 23.2 Å². The zero-order valence-electron chi connectivity index (χ0n) is 19.1. The highest BCUT2D eigenvalue weighted by Crippen LogP contribution is 2.42. The monoisotopic (exact) mass is 430 g/mol. The average molecular weight is 431 g/mol. The van der Waals surface area contributed by atoms with Crippen LogP contribution >= 0.6 is 0 Å². The maximum absolute atomic E-state index is 6.09. The first-order valence-electron chi connectivity index (χ1n) is 11.9. The van der Waals surface area contributed by atoms with E-state index in [1.807, 2.05) is 28.4 Å². The zero-order chi connectivity index (χ0) is 20.3. The Labute approximate surface area is 176 Å². The minimum Gasteiger partial charge on any atom is -0.397 e. The summed E-state index contributed by atoms with van der Waals surface area (Å²) in [4.78, 5) is 0. The smallest absolute Gasteiger partial charge is 0.340 e. The summed E-state index contributed by atoms with van der Waals surface area (Å²) in [6.07, 6.45) is 18.5. The molecule has 0 radical (unpaired) electrons. The molecule has 2 aliphatic rings. The van der Waals surface area contributed by atoms with E-state index in [1.165, 1.54) is 89.9 Å². The molecule has 0 bridgehead atoms. The molecule has 0 unspecified atom stereocenters. The molecule has 2 rings (SSSR count). The van der Waals surface area contributed by atoms with Crippen LogP contribution in [0.4, 0.5) is 0 Å². The van der Waals surface area contributed by atoms with E-state index in [0.717, 1.165) is 12.1 Å². The van der Waals surface area contributed by atoms with Crippen LogP contribution in [0, 0.1) is 0 Å². The van der Waals surface area contributed by atoms with Gasteiger partial charge in [0.15, 0.2) is 0 Å². The SMILES string of the molecule is CO[Si](CCCCCC[Si](OC)(OC)C1CCCCC1)(OC)C1CCCCC1. The Morgan fingerprint density at radius 2 is 0.821 bits per heavy atom. The van der Waals surface area contributed by atoms with Crippen molar-refractivity contribution in [3.63, 3.8) is 0 Å². The van der Waals surface area contributed by atoms with Crippen LogP contribution in [0.1, 0.15) is 89.9 Å². The molecule has 0 aromatic heterocycles. The van der Waals surface area contributed by atoms with E-state index in [4.69, 9.17) is 17.7 Å². The second-order valence-electron chi connectivity index (χ2n) is 9.02. The Hall–Kier alpha value is 0.274. The highest BCUT2D eigenvalue weighted by molar-refractivity contribution is 6.69. The van der Waals surface area contributed by atoms with Crippen molar-refractivity contribution in [1.29, 1.82) is 0 Å². The molecule has 0 N–H and O–H groups in total. The van der Waals surface area contributed by atoms with E-state index in [0.29, 0.717) is 11.1 Å². The molecule has 2 aliphatic carbocycles. The fraction of sp³-hybridized carbons (Fsp3) is 1.00. The van der Waals surface area contributed by atoms with Crippen molar-refractivity contribution in [2.75, 3.05) is 28.4 Å². The van der Waals surface area contributed by atoms with Crippen LogP contribution in [0.25, 0.3) is 0 Å². The highest BCUT2D eigenvalue weighted by atomic mass is 28.4. The first kappa shape index (κ1) is 24.5. The van der Waals surface area contributed by atoms with Gasteiger partial charge < -0.3 is 17.7 Å². The number of unbranched alkanes of at least 4 members (excludes halogenated alkanes) is 3. The van der Waals surface area contributed by atoms with Crippen LogP contribution in [0.3, 0.4) is 0 Å². The Kier molecular flexibility index (Phi) is 11.3. The van der Waals surface area contributed by atoms with Crippen molar-refractivity contribution in [3.8, 4) is 0 Å². The summed E-state index contributed by atoms with van der Waals surface area (Å²) in [5.41, 5.74) is 1.40. The van der Waals surface area contributed by atoms with Gasteiger partial charge in [0, 0.05) is 39.5 Å². The molecule has 6 heteroatoms. The average Bonchev–Trinajstić information content (AvgIpc) is 2.78. The molecule has 28 heavy (non-hydrogen) atoms. The Balaban J connectivity index is 1.74. The summed E-state index contributed by atoms with van der Waals surface area (Å²) in [7, 11) is 3.54. The summed E-state index contributed by atoms with van der Waals surface area (Å²) in [6, 6.07) is 2.31. The third-order valence-corrected chi connectivity index (χ3v) is 16.1. The number of hydrogen-bond donors (Lipinski definition) is 0. The molecule has 166 valence electrons. The van der Waals surface area contributed by atoms with E-state index in [9.17, 15) is 0 Å². The molecule has 0 aromatic carbocycles. The lowest BCUT2D eigenvalue weighted by Crippen LogP contribution is -2.46. The summed E-state index contributed by atoms with van der Waals surface area (Å²) < 4.78 is 24.3. The molecule has 0 atom stereocenters. The second-order valence-corrected chi connectivity index (χ2v) is 16.5. The topological polar surface area (TPSA) is 36.9 Å². The Bertz CT molecular complexity index is 363. The Morgan fingerprint density at radius 3 is 1.11 bits per heavy atom. The standard InChI is InChI=1S/C22H46O4Si2/c1-23-27(24-2,21-15-9-7-10-16-21)19-13-5-6-14-20-28(25-3,26-4)22-17-11-8-12-18-22/h21-22H,5-20H2,1-4H3. The van der Waals surface area contributed by atoms with Crippen molar-refractivity contribution in [2.45, 2.75) is 113 Å². The van der Waals surface area contributed by atoms with Gasteiger partial charge in [0.25, 0.3) is 0 Å². The van der Waals surface area contributed by atoms with E-state index in [1.54, 1.807) is 0 Å². The zero-order valence-corrected chi connectivity index (χ0v) is 21.1. The largest absolute Gasteiger partial charge is 0.397 e. The molecular weight excluding hydrogens is 384 g/mol. The van der Waals surface area contributed by atoms with E-state index >= 15 is 0 Å². The minimum absolute atomic E-state index is 0.699. The van der Waals surface area contributed by atoms with Gasteiger partial charge in [-0.2, -0.15) is 0 Å². The molecule has 2 saturated carbocycles. The fourth-order valence-corrected chi connectivity index (χ4v) is 13.2. The quantitative estimate of drug-likeness (QED) is 0.241. The lowest BCUT2D eigenvalue weighted by atomic mass is 10.0. The van der Waals surface area contributed by atoms with E-state index in [2.05, 4.69) is 0 Å². The summed E-state index contributed by atoms with van der Waals surface area (Å²) in [5.74, 6) is 0. The van der Waals surface area contributed by atoms with E-state index < -0.39 is 17.1 Å². The maximum Gasteiger partial charge on any atom is 0.340 e. The first-order chi connectivity index (χ1) is 13.7. The molecule has 2 fully saturated rings. The van der Waals surface area contributed by atoms with Crippen molar-refractivity contribution >= 4 is 17.1 Å².